The highest BCUT2D eigenvalue weighted by Crippen LogP contribution is 2.52. The molecule has 0 unspecified atom stereocenters. The second-order valence-electron chi connectivity index (χ2n) is 10.8. The second-order valence-corrected chi connectivity index (χ2v) is 10.8. The molecule has 2 heteroatoms. The lowest BCUT2D eigenvalue weighted by molar-refractivity contribution is 0.130. The van der Waals surface area contributed by atoms with Crippen molar-refractivity contribution in [2.24, 2.45) is 0 Å². The van der Waals surface area contributed by atoms with Crippen LogP contribution in [0.5, 0.6) is 0 Å². The van der Waals surface area contributed by atoms with Crippen LogP contribution in [-0.2, 0) is 11.2 Å². The Morgan fingerprint density at radius 2 is 0.550 bits per heavy atom. The Labute approximate surface area is 233 Å². The average molecular weight is 515 g/mol. The van der Waals surface area contributed by atoms with E-state index < -0.39 is 11.2 Å². The fourth-order valence-corrected chi connectivity index (χ4v) is 6.85. The minimum atomic E-state index is -1.19. The first-order valence-corrected chi connectivity index (χ1v) is 13.6. The largest absolute Gasteiger partial charge is 0.376 e. The molecule has 6 aromatic rings. The number of hydrogen-bond acceptors (Lipinski definition) is 2. The topological polar surface area (TPSA) is 40.5 Å². The fraction of sp³-hybridized carbons (Fsp3) is 0.0526. The maximum absolute atomic E-state index is 12.1. The van der Waals surface area contributed by atoms with Crippen molar-refractivity contribution in [2.45, 2.75) is 11.2 Å². The van der Waals surface area contributed by atoms with Crippen LogP contribution >= 0.6 is 0 Å². The highest BCUT2D eigenvalue weighted by atomic mass is 16.3. The van der Waals surface area contributed by atoms with Gasteiger partial charge in [0.05, 0.1) is 0 Å². The Kier molecular flexibility index (Phi) is 4.84. The molecule has 0 heterocycles. The van der Waals surface area contributed by atoms with Crippen LogP contribution in [0, 0.1) is 0 Å². The van der Waals surface area contributed by atoms with Crippen molar-refractivity contribution in [2.75, 3.05) is 0 Å². The van der Waals surface area contributed by atoms with Crippen LogP contribution < -0.4 is 0 Å². The van der Waals surface area contributed by atoms with Gasteiger partial charge in [-0.1, -0.05) is 146 Å². The molecule has 8 rings (SSSR count). The molecule has 0 amide bonds. The lowest BCUT2D eigenvalue weighted by atomic mass is 9.83. The molecule has 2 N–H and O–H groups in total. The molecule has 0 aliphatic heterocycles. The number of fused-ring (bicyclic) bond motifs is 6. The van der Waals surface area contributed by atoms with Crippen molar-refractivity contribution in [3.05, 3.63) is 179 Å². The van der Waals surface area contributed by atoms with E-state index in [-0.39, 0.29) is 0 Å². The summed E-state index contributed by atoms with van der Waals surface area (Å²) in [7, 11) is 0. The first kappa shape index (κ1) is 23.2. The van der Waals surface area contributed by atoms with Crippen LogP contribution in [0.25, 0.3) is 33.4 Å². The maximum Gasteiger partial charge on any atom is 0.141 e. The zero-order valence-corrected chi connectivity index (χ0v) is 21.8. The Bertz CT molecular complexity index is 1680. The van der Waals surface area contributed by atoms with Crippen molar-refractivity contribution in [3.63, 3.8) is 0 Å². The summed E-state index contributed by atoms with van der Waals surface area (Å²) in [4.78, 5) is 0. The Morgan fingerprint density at radius 3 is 0.825 bits per heavy atom. The summed E-state index contributed by atoms with van der Waals surface area (Å²) in [5, 5.41) is 24.3. The number of rotatable bonds is 3. The molecule has 2 aliphatic rings. The molecule has 0 fully saturated rings. The first-order chi connectivity index (χ1) is 19.6. The molecule has 2 aliphatic carbocycles. The fourth-order valence-electron chi connectivity index (χ4n) is 6.85. The van der Waals surface area contributed by atoms with E-state index in [0.29, 0.717) is 0 Å². The Hall–Kier alpha value is -4.76. The number of hydrogen-bond donors (Lipinski definition) is 2. The molecule has 190 valence electrons. The van der Waals surface area contributed by atoms with Crippen LogP contribution in [0.2, 0.25) is 0 Å². The van der Waals surface area contributed by atoms with Gasteiger partial charge in [0, 0.05) is 22.3 Å². The smallest absolute Gasteiger partial charge is 0.141 e. The van der Waals surface area contributed by atoms with E-state index >= 15 is 0 Å². The second kappa shape index (κ2) is 8.37. The predicted molar refractivity (Wildman–Crippen MR) is 160 cm³/mol. The summed E-state index contributed by atoms with van der Waals surface area (Å²) in [6, 6.07) is 48.8. The average Bonchev–Trinajstić information content (AvgIpc) is 3.45. The van der Waals surface area contributed by atoms with E-state index in [0.717, 1.165) is 66.8 Å². The van der Waals surface area contributed by atoms with Gasteiger partial charge in [-0.25, -0.2) is 0 Å². The molecule has 0 spiro atoms. The number of benzene rings is 6. The van der Waals surface area contributed by atoms with Gasteiger partial charge in [0.2, 0.25) is 0 Å². The summed E-state index contributed by atoms with van der Waals surface area (Å²) in [5.74, 6) is 0. The van der Waals surface area contributed by atoms with Crippen molar-refractivity contribution in [1.82, 2.24) is 0 Å². The number of aliphatic hydroxyl groups is 2. The predicted octanol–water partition coefficient (Wildman–Crippen LogP) is 7.88. The molecule has 2 nitrogen and oxygen atoms in total. The lowest BCUT2D eigenvalue weighted by Gasteiger charge is -2.27. The molecule has 0 saturated heterocycles. The van der Waals surface area contributed by atoms with Crippen molar-refractivity contribution in [1.29, 1.82) is 0 Å². The molecule has 40 heavy (non-hydrogen) atoms. The normalized spacial score (nSPS) is 15.2. The third-order valence-corrected chi connectivity index (χ3v) is 8.79. The summed E-state index contributed by atoms with van der Waals surface area (Å²) < 4.78 is 0. The van der Waals surface area contributed by atoms with Crippen LogP contribution in [-0.4, -0.2) is 10.2 Å². The van der Waals surface area contributed by atoms with Gasteiger partial charge < -0.3 is 10.2 Å². The minimum absolute atomic E-state index is 0.846. The third kappa shape index (κ3) is 3.00. The molecular weight excluding hydrogens is 488 g/mol. The quantitative estimate of drug-likeness (QED) is 0.252. The van der Waals surface area contributed by atoms with Gasteiger partial charge in [0.1, 0.15) is 11.2 Å². The minimum Gasteiger partial charge on any atom is -0.376 e. The van der Waals surface area contributed by atoms with Crippen LogP contribution in [0.4, 0.5) is 0 Å². The molecule has 0 atom stereocenters. The van der Waals surface area contributed by atoms with Gasteiger partial charge in [-0.05, 0) is 44.5 Å². The van der Waals surface area contributed by atoms with E-state index in [4.69, 9.17) is 0 Å². The summed E-state index contributed by atoms with van der Waals surface area (Å²) >= 11 is 0. The monoisotopic (exact) mass is 514 g/mol. The Balaban J connectivity index is 1.17. The summed E-state index contributed by atoms with van der Waals surface area (Å²) in [5.41, 5.74) is 9.38. The zero-order valence-electron chi connectivity index (χ0n) is 21.8. The van der Waals surface area contributed by atoms with E-state index in [2.05, 4.69) is 48.5 Å². The van der Waals surface area contributed by atoms with Crippen LogP contribution in [0.1, 0.15) is 33.4 Å². The van der Waals surface area contributed by atoms with Gasteiger partial charge in [-0.2, -0.15) is 0 Å². The first-order valence-electron chi connectivity index (χ1n) is 13.6. The maximum atomic E-state index is 12.1. The van der Waals surface area contributed by atoms with Crippen molar-refractivity contribution < 1.29 is 10.2 Å². The molecule has 0 saturated carbocycles. The molecule has 0 bridgehead atoms. The van der Waals surface area contributed by atoms with Gasteiger partial charge in [-0.15, -0.1) is 0 Å². The molecule has 0 aromatic heterocycles. The van der Waals surface area contributed by atoms with Gasteiger partial charge in [0.25, 0.3) is 0 Å². The van der Waals surface area contributed by atoms with E-state index in [1.807, 2.05) is 97.1 Å². The van der Waals surface area contributed by atoms with E-state index in [1.165, 1.54) is 0 Å². The third-order valence-electron chi connectivity index (χ3n) is 8.79. The standard InChI is InChI=1S/C38H26O2/c39-37(33-13-5-1-9-29(33)30-10-2-6-14-34(30)37)27-21-17-25(18-22-27)26-19-23-28(24-20-26)38(40)35-15-7-3-11-31(35)32-12-4-8-16-36(32)38/h1-24,39-40H. The highest BCUT2D eigenvalue weighted by molar-refractivity contribution is 5.83. The van der Waals surface area contributed by atoms with Gasteiger partial charge in [0.15, 0.2) is 0 Å². The molecule has 6 aromatic carbocycles. The van der Waals surface area contributed by atoms with E-state index in [1.54, 1.807) is 0 Å². The van der Waals surface area contributed by atoms with Gasteiger partial charge >= 0.3 is 0 Å². The Morgan fingerprint density at radius 1 is 0.300 bits per heavy atom. The summed E-state index contributed by atoms with van der Waals surface area (Å²) in [6.07, 6.45) is 0. The summed E-state index contributed by atoms with van der Waals surface area (Å²) in [6.45, 7) is 0. The van der Waals surface area contributed by atoms with Crippen molar-refractivity contribution in [3.8, 4) is 33.4 Å². The molecular formula is C38H26O2. The molecule has 0 radical (unpaired) electrons. The van der Waals surface area contributed by atoms with E-state index in [9.17, 15) is 10.2 Å². The van der Waals surface area contributed by atoms with Gasteiger partial charge in [-0.3, -0.25) is 0 Å². The van der Waals surface area contributed by atoms with Crippen LogP contribution in [0.3, 0.4) is 0 Å². The SMILES string of the molecule is OC1(c2ccc(-c3ccc(C4(O)c5ccccc5-c5ccccc54)cc3)cc2)c2ccccc2-c2ccccc21. The zero-order chi connectivity index (χ0) is 26.9. The van der Waals surface area contributed by atoms with Crippen molar-refractivity contribution >= 4 is 0 Å². The highest BCUT2D eigenvalue weighted by Gasteiger charge is 2.44. The van der Waals surface area contributed by atoms with Crippen LogP contribution in [0.15, 0.2) is 146 Å². The lowest BCUT2D eigenvalue weighted by Crippen LogP contribution is -2.26.